The van der Waals surface area contributed by atoms with Gasteiger partial charge in [-0.15, -0.1) is 0 Å². The molecule has 16 heavy (non-hydrogen) atoms. The first kappa shape index (κ1) is 13.2. The standard InChI is InChI=1S/C11H21N3O2/c1-3-14-11(4-6-13-14)10(12)5-7-16-9-8-15-2/h4,6,10H,3,5,7-9,12H2,1-2H3. The molecule has 1 atom stereocenters. The van der Waals surface area contributed by atoms with E-state index in [1.165, 1.54) is 0 Å². The number of ether oxygens (including phenoxy) is 2. The van der Waals surface area contributed by atoms with E-state index in [0.29, 0.717) is 19.8 Å². The van der Waals surface area contributed by atoms with Gasteiger partial charge < -0.3 is 15.2 Å². The molecule has 0 fully saturated rings. The van der Waals surface area contributed by atoms with Crippen LogP contribution in [0.1, 0.15) is 25.1 Å². The van der Waals surface area contributed by atoms with Crippen LogP contribution in [0.25, 0.3) is 0 Å². The number of nitrogens with zero attached hydrogens (tertiary/aromatic N) is 2. The van der Waals surface area contributed by atoms with Crippen LogP contribution in [0.5, 0.6) is 0 Å². The molecule has 0 aromatic carbocycles. The van der Waals surface area contributed by atoms with E-state index in [0.717, 1.165) is 18.7 Å². The summed E-state index contributed by atoms with van der Waals surface area (Å²) in [5.74, 6) is 0. The Balaban J connectivity index is 2.27. The fourth-order valence-electron chi connectivity index (χ4n) is 1.52. The van der Waals surface area contributed by atoms with Crippen LogP contribution < -0.4 is 5.73 Å². The van der Waals surface area contributed by atoms with Crippen LogP contribution in [0.3, 0.4) is 0 Å². The van der Waals surface area contributed by atoms with Gasteiger partial charge in [-0.25, -0.2) is 0 Å². The third-order valence-corrected chi connectivity index (χ3v) is 2.43. The van der Waals surface area contributed by atoms with Crippen LogP contribution in [0, 0.1) is 0 Å². The average Bonchev–Trinajstić information content (AvgIpc) is 2.76. The van der Waals surface area contributed by atoms with Gasteiger partial charge in [-0.2, -0.15) is 5.10 Å². The molecule has 0 saturated heterocycles. The molecule has 0 aliphatic rings. The number of hydrogen-bond acceptors (Lipinski definition) is 4. The second kappa shape index (κ2) is 7.38. The van der Waals surface area contributed by atoms with Crippen molar-refractivity contribution < 1.29 is 9.47 Å². The van der Waals surface area contributed by atoms with Crippen molar-refractivity contribution in [2.24, 2.45) is 5.73 Å². The maximum absolute atomic E-state index is 6.06. The minimum absolute atomic E-state index is 0.00926. The predicted molar refractivity (Wildman–Crippen MR) is 62.1 cm³/mol. The smallest absolute Gasteiger partial charge is 0.0700 e. The molecule has 1 aromatic heterocycles. The summed E-state index contributed by atoms with van der Waals surface area (Å²) in [5, 5.41) is 4.19. The van der Waals surface area contributed by atoms with Crippen molar-refractivity contribution in [3.05, 3.63) is 18.0 Å². The molecule has 0 radical (unpaired) electrons. The van der Waals surface area contributed by atoms with Crippen LogP contribution in [-0.2, 0) is 16.0 Å². The van der Waals surface area contributed by atoms with Gasteiger partial charge in [-0.3, -0.25) is 4.68 Å². The van der Waals surface area contributed by atoms with Gasteiger partial charge in [0, 0.05) is 32.5 Å². The Bertz CT molecular complexity index is 289. The quantitative estimate of drug-likeness (QED) is 0.672. The third kappa shape index (κ3) is 3.92. The van der Waals surface area contributed by atoms with Crippen molar-refractivity contribution in [1.29, 1.82) is 0 Å². The van der Waals surface area contributed by atoms with Crippen molar-refractivity contribution in [3.8, 4) is 0 Å². The predicted octanol–water partition coefficient (Wildman–Crippen LogP) is 0.956. The van der Waals surface area contributed by atoms with E-state index in [1.807, 2.05) is 10.7 Å². The molecule has 0 bridgehead atoms. The Labute approximate surface area is 96.5 Å². The molecular weight excluding hydrogens is 206 g/mol. The summed E-state index contributed by atoms with van der Waals surface area (Å²) in [5.41, 5.74) is 7.13. The van der Waals surface area contributed by atoms with Crippen LogP contribution in [0.15, 0.2) is 12.3 Å². The van der Waals surface area contributed by atoms with Crippen LogP contribution in [-0.4, -0.2) is 36.7 Å². The molecule has 2 N–H and O–H groups in total. The number of methoxy groups -OCH3 is 1. The molecule has 1 rings (SSSR count). The summed E-state index contributed by atoms with van der Waals surface area (Å²) in [7, 11) is 1.66. The van der Waals surface area contributed by atoms with Gasteiger partial charge in [0.05, 0.1) is 18.9 Å². The normalized spacial score (nSPS) is 12.9. The molecule has 0 aliphatic carbocycles. The second-order valence-corrected chi connectivity index (χ2v) is 3.57. The van der Waals surface area contributed by atoms with E-state index in [9.17, 15) is 0 Å². The molecule has 92 valence electrons. The molecule has 5 heteroatoms. The first-order valence-electron chi connectivity index (χ1n) is 5.63. The van der Waals surface area contributed by atoms with Crippen molar-refractivity contribution in [2.75, 3.05) is 26.9 Å². The SMILES string of the molecule is CCn1nccc1C(N)CCOCCOC. The summed E-state index contributed by atoms with van der Waals surface area (Å²) >= 11 is 0. The maximum Gasteiger partial charge on any atom is 0.0700 e. The zero-order valence-electron chi connectivity index (χ0n) is 10.1. The Hall–Kier alpha value is -0.910. The van der Waals surface area contributed by atoms with Gasteiger partial charge in [0.2, 0.25) is 0 Å². The lowest BCUT2D eigenvalue weighted by Gasteiger charge is -2.13. The average molecular weight is 227 g/mol. The molecule has 0 aliphatic heterocycles. The van der Waals surface area contributed by atoms with E-state index in [1.54, 1.807) is 13.3 Å². The third-order valence-electron chi connectivity index (χ3n) is 2.43. The van der Waals surface area contributed by atoms with Gasteiger partial charge in [0.1, 0.15) is 0 Å². The van der Waals surface area contributed by atoms with Crippen LogP contribution in [0.2, 0.25) is 0 Å². The van der Waals surface area contributed by atoms with Crippen molar-refractivity contribution in [3.63, 3.8) is 0 Å². The van der Waals surface area contributed by atoms with Gasteiger partial charge >= 0.3 is 0 Å². The first-order valence-corrected chi connectivity index (χ1v) is 5.63. The van der Waals surface area contributed by atoms with Crippen molar-refractivity contribution in [2.45, 2.75) is 25.9 Å². The summed E-state index contributed by atoms with van der Waals surface area (Å²) in [6.45, 7) is 4.80. The van der Waals surface area contributed by atoms with E-state index in [-0.39, 0.29) is 6.04 Å². The second-order valence-electron chi connectivity index (χ2n) is 3.57. The molecule has 5 nitrogen and oxygen atoms in total. The minimum Gasteiger partial charge on any atom is -0.382 e. The van der Waals surface area contributed by atoms with Gasteiger partial charge in [-0.1, -0.05) is 0 Å². The summed E-state index contributed by atoms with van der Waals surface area (Å²) in [6, 6.07) is 1.95. The zero-order chi connectivity index (χ0) is 11.8. The molecule has 1 aromatic rings. The Morgan fingerprint density at radius 2 is 2.25 bits per heavy atom. The molecule has 0 spiro atoms. The zero-order valence-corrected chi connectivity index (χ0v) is 10.1. The van der Waals surface area contributed by atoms with E-state index >= 15 is 0 Å². The van der Waals surface area contributed by atoms with Crippen LogP contribution >= 0.6 is 0 Å². The number of rotatable bonds is 8. The summed E-state index contributed by atoms with van der Waals surface area (Å²) in [4.78, 5) is 0. The monoisotopic (exact) mass is 227 g/mol. The number of aromatic nitrogens is 2. The molecular formula is C11H21N3O2. The number of aryl methyl sites for hydroxylation is 1. The highest BCUT2D eigenvalue weighted by Gasteiger charge is 2.10. The highest BCUT2D eigenvalue weighted by Crippen LogP contribution is 2.13. The first-order chi connectivity index (χ1) is 7.79. The molecule has 0 amide bonds. The van der Waals surface area contributed by atoms with E-state index in [2.05, 4.69) is 12.0 Å². The lowest BCUT2D eigenvalue weighted by atomic mass is 10.1. The topological polar surface area (TPSA) is 62.3 Å². The Morgan fingerprint density at radius 1 is 1.44 bits per heavy atom. The summed E-state index contributed by atoms with van der Waals surface area (Å²) < 4.78 is 12.2. The van der Waals surface area contributed by atoms with Crippen molar-refractivity contribution in [1.82, 2.24) is 9.78 Å². The summed E-state index contributed by atoms with van der Waals surface area (Å²) in [6.07, 6.45) is 2.58. The Kier molecular flexibility index (Phi) is 6.07. The highest BCUT2D eigenvalue weighted by molar-refractivity contribution is 5.05. The maximum atomic E-state index is 6.06. The van der Waals surface area contributed by atoms with Crippen LogP contribution in [0.4, 0.5) is 0 Å². The molecule has 1 heterocycles. The fraction of sp³-hybridized carbons (Fsp3) is 0.727. The fourth-order valence-corrected chi connectivity index (χ4v) is 1.52. The lowest BCUT2D eigenvalue weighted by Crippen LogP contribution is -2.18. The van der Waals surface area contributed by atoms with Gasteiger partial charge in [0.15, 0.2) is 0 Å². The number of hydrogen-bond donors (Lipinski definition) is 1. The minimum atomic E-state index is -0.00926. The molecule has 0 saturated carbocycles. The van der Waals surface area contributed by atoms with E-state index in [4.69, 9.17) is 15.2 Å². The van der Waals surface area contributed by atoms with E-state index < -0.39 is 0 Å². The Morgan fingerprint density at radius 3 is 2.94 bits per heavy atom. The molecule has 1 unspecified atom stereocenters. The largest absolute Gasteiger partial charge is 0.382 e. The lowest BCUT2D eigenvalue weighted by molar-refractivity contribution is 0.0669. The van der Waals surface area contributed by atoms with Gasteiger partial charge in [0.25, 0.3) is 0 Å². The number of nitrogens with two attached hydrogens (primary N) is 1. The van der Waals surface area contributed by atoms with Gasteiger partial charge in [-0.05, 0) is 19.4 Å². The highest BCUT2D eigenvalue weighted by atomic mass is 16.5. The van der Waals surface area contributed by atoms with Crippen molar-refractivity contribution >= 4 is 0 Å².